The molecule has 8 heteroatoms. The van der Waals surface area contributed by atoms with Crippen molar-refractivity contribution in [1.82, 2.24) is 20.5 Å². The molecule has 3 aromatic rings. The second-order valence-corrected chi connectivity index (χ2v) is 11.5. The highest BCUT2D eigenvalue weighted by Gasteiger charge is 2.45. The van der Waals surface area contributed by atoms with Crippen LogP contribution in [-0.4, -0.2) is 46.8 Å². The third-order valence-corrected chi connectivity index (χ3v) is 8.02. The van der Waals surface area contributed by atoms with Crippen molar-refractivity contribution in [1.29, 1.82) is 0 Å². The van der Waals surface area contributed by atoms with Crippen molar-refractivity contribution in [3.63, 3.8) is 0 Å². The minimum absolute atomic E-state index is 0.0173. The van der Waals surface area contributed by atoms with Crippen molar-refractivity contribution in [3.8, 4) is 5.75 Å². The highest BCUT2D eigenvalue weighted by molar-refractivity contribution is 6.01. The molecular formula is C35H40N4O4. The van der Waals surface area contributed by atoms with Crippen LogP contribution in [0.25, 0.3) is 0 Å². The molecule has 1 aliphatic heterocycles. The Bertz CT molecular complexity index is 1470. The number of benzene rings is 2. The number of fused-ring (bicyclic) bond motifs is 1. The highest BCUT2D eigenvalue weighted by atomic mass is 16.5. The molecule has 2 unspecified atom stereocenters. The fourth-order valence-corrected chi connectivity index (χ4v) is 6.03. The number of pyridine rings is 1. The SMILES string of the molecule is CC(C)NC(=O)COc1ccccc1C1C(C(=O)NCc2cccnc2)c2ccccc2C(=O)N1CCC1=CCCCC1. The zero-order chi connectivity index (χ0) is 30.2. The standard InChI is InChI=1S/C35H40N4O4/c1-24(2)38-31(40)23-43-30-17-9-8-16-29(30)33-32(34(41)37-22-26-13-10-19-36-21-26)27-14-6-7-15-28(27)35(42)39(33)20-18-25-11-4-3-5-12-25/h6-11,13-17,19,21,24,32-33H,3-5,12,18,20,22-23H2,1-2H3,(H,37,41)(H,38,40). The van der Waals surface area contributed by atoms with E-state index in [1.807, 2.05) is 67.3 Å². The van der Waals surface area contributed by atoms with Crippen LogP contribution in [0.15, 0.2) is 84.7 Å². The maximum absolute atomic E-state index is 14.2. The summed E-state index contributed by atoms with van der Waals surface area (Å²) in [4.78, 5) is 46.9. The number of para-hydroxylation sites is 1. The summed E-state index contributed by atoms with van der Waals surface area (Å²) in [6.45, 7) is 4.40. The summed E-state index contributed by atoms with van der Waals surface area (Å²) in [5.74, 6) is -0.754. The lowest BCUT2D eigenvalue weighted by Crippen LogP contribution is -2.48. The number of nitrogens with one attached hydrogen (secondary N) is 2. The Balaban J connectivity index is 1.54. The Morgan fingerprint density at radius 1 is 1.02 bits per heavy atom. The van der Waals surface area contributed by atoms with E-state index in [0.717, 1.165) is 31.2 Å². The van der Waals surface area contributed by atoms with E-state index < -0.39 is 12.0 Å². The second kappa shape index (κ2) is 14.1. The van der Waals surface area contributed by atoms with Gasteiger partial charge in [-0.3, -0.25) is 19.4 Å². The number of nitrogens with zero attached hydrogens (tertiary/aromatic N) is 2. The molecular weight excluding hydrogens is 540 g/mol. The second-order valence-electron chi connectivity index (χ2n) is 11.5. The van der Waals surface area contributed by atoms with Crippen LogP contribution in [-0.2, 0) is 16.1 Å². The Morgan fingerprint density at radius 3 is 2.56 bits per heavy atom. The topological polar surface area (TPSA) is 101 Å². The van der Waals surface area contributed by atoms with E-state index in [1.54, 1.807) is 24.5 Å². The summed E-state index contributed by atoms with van der Waals surface area (Å²) in [6, 6.07) is 17.9. The third-order valence-electron chi connectivity index (χ3n) is 8.02. The lowest BCUT2D eigenvalue weighted by molar-refractivity contribution is -0.125. The van der Waals surface area contributed by atoms with E-state index in [0.29, 0.717) is 35.5 Å². The maximum atomic E-state index is 14.2. The first-order valence-corrected chi connectivity index (χ1v) is 15.2. The Hall–Kier alpha value is -4.46. The first-order chi connectivity index (χ1) is 20.9. The number of rotatable bonds is 11. The summed E-state index contributed by atoms with van der Waals surface area (Å²) in [5.41, 5.74) is 4.15. The quantitative estimate of drug-likeness (QED) is 0.293. The number of hydrogen-bond donors (Lipinski definition) is 2. The molecule has 3 amide bonds. The number of amides is 3. The van der Waals surface area contributed by atoms with Crippen molar-refractivity contribution in [3.05, 3.63) is 107 Å². The number of carbonyl (C=O) groups is 3. The summed E-state index contributed by atoms with van der Waals surface area (Å²) >= 11 is 0. The summed E-state index contributed by atoms with van der Waals surface area (Å²) in [5, 5.41) is 5.96. The molecule has 2 aliphatic rings. The average Bonchev–Trinajstić information content (AvgIpc) is 3.03. The van der Waals surface area contributed by atoms with Crippen LogP contribution < -0.4 is 15.4 Å². The van der Waals surface area contributed by atoms with Crippen molar-refractivity contribution in [2.24, 2.45) is 0 Å². The van der Waals surface area contributed by atoms with E-state index in [2.05, 4.69) is 21.7 Å². The molecule has 224 valence electrons. The van der Waals surface area contributed by atoms with Gasteiger partial charge in [0.15, 0.2) is 6.61 Å². The molecule has 0 fully saturated rings. The predicted molar refractivity (Wildman–Crippen MR) is 165 cm³/mol. The molecule has 0 radical (unpaired) electrons. The van der Waals surface area contributed by atoms with Gasteiger partial charge in [-0.25, -0.2) is 0 Å². The number of hydrogen-bond acceptors (Lipinski definition) is 5. The number of carbonyl (C=O) groups excluding carboxylic acids is 3. The molecule has 0 saturated heterocycles. The van der Waals surface area contributed by atoms with Gasteiger partial charge in [0, 0.05) is 42.7 Å². The first-order valence-electron chi connectivity index (χ1n) is 15.2. The molecule has 2 aromatic carbocycles. The van der Waals surface area contributed by atoms with Crippen molar-refractivity contribution < 1.29 is 19.1 Å². The molecule has 0 spiro atoms. The summed E-state index contributed by atoms with van der Waals surface area (Å²) in [6.07, 6.45) is 10.9. The normalized spacial score (nSPS) is 18.1. The smallest absolute Gasteiger partial charge is 0.258 e. The molecule has 43 heavy (non-hydrogen) atoms. The number of aromatic nitrogens is 1. The van der Waals surface area contributed by atoms with Crippen molar-refractivity contribution in [2.45, 2.75) is 70.5 Å². The minimum Gasteiger partial charge on any atom is -0.483 e. The van der Waals surface area contributed by atoms with Gasteiger partial charge in [-0.2, -0.15) is 0 Å². The Kier molecular flexibility index (Phi) is 9.87. The van der Waals surface area contributed by atoms with Gasteiger partial charge in [0.05, 0.1) is 12.0 Å². The van der Waals surface area contributed by atoms with Crippen LogP contribution in [0.2, 0.25) is 0 Å². The first kappa shape index (κ1) is 30.0. The average molecular weight is 581 g/mol. The fourth-order valence-electron chi connectivity index (χ4n) is 6.03. The fraction of sp³-hybridized carbons (Fsp3) is 0.371. The Labute approximate surface area is 253 Å². The highest BCUT2D eigenvalue weighted by Crippen LogP contribution is 2.46. The van der Waals surface area contributed by atoms with Gasteiger partial charge in [0.25, 0.3) is 11.8 Å². The van der Waals surface area contributed by atoms with Crippen LogP contribution in [0.5, 0.6) is 5.75 Å². The van der Waals surface area contributed by atoms with Gasteiger partial charge in [0.1, 0.15) is 5.75 Å². The van der Waals surface area contributed by atoms with Gasteiger partial charge in [-0.1, -0.05) is 54.1 Å². The van der Waals surface area contributed by atoms with Crippen LogP contribution in [0.1, 0.15) is 85.0 Å². The third kappa shape index (κ3) is 7.31. The minimum atomic E-state index is -0.694. The van der Waals surface area contributed by atoms with Crippen molar-refractivity contribution >= 4 is 17.7 Å². The van der Waals surface area contributed by atoms with E-state index in [1.165, 1.54) is 12.0 Å². The zero-order valence-electron chi connectivity index (χ0n) is 24.9. The van der Waals surface area contributed by atoms with Gasteiger partial charge in [-0.15, -0.1) is 0 Å². The van der Waals surface area contributed by atoms with Crippen LogP contribution in [0, 0.1) is 0 Å². The molecule has 2 heterocycles. The summed E-state index contributed by atoms with van der Waals surface area (Å²) < 4.78 is 6.08. The molecule has 1 aromatic heterocycles. The molecule has 2 atom stereocenters. The maximum Gasteiger partial charge on any atom is 0.258 e. The van der Waals surface area contributed by atoms with Gasteiger partial charge in [0.2, 0.25) is 5.91 Å². The molecule has 0 saturated carbocycles. The Morgan fingerprint density at radius 2 is 1.81 bits per heavy atom. The van der Waals surface area contributed by atoms with Gasteiger partial charge >= 0.3 is 0 Å². The lowest BCUT2D eigenvalue weighted by Gasteiger charge is -2.42. The van der Waals surface area contributed by atoms with E-state index >= 15 is 0 Å². The van der Waals surface area contributed by atoms with Crippen LogP contribution >= 0.6 is 0 Å². The largest absolute Gasteiger partial charge is 0.483 e. The van der Waals surface area contributed by atoms with Gasteiger partial charge in [-0.05, 0) is 75.3 Å². The van der Waals surface area contributed by atoms with E-state index in [9.17, 15) is 14.4 Å². The van der Waals surface area contributed by atoms with Crippen molar-refractivity contribution in [2.75, 3.05) is 13.2 Å². The monoisotopic (exact) mass is 580 g/mol. The molecule has 5 rings (SSSR count). The van der Waals surface area contributed by atoms with E-state index in [-0.39, 0.29) is 30.4 Å². The molecule has 2 N–H and O–H groups in total. The lowest BCUT2D eigenvalue weighted by atomic mass is 9.78. The predicted octanol–water partition coefficient (Wildman–Crippen LogP) is 5.47. The zero-order valence-corrected chi connectivity index (χ0v) is 24.9. The van der Waals surface area contributed by atoms with Crippen LogP contribution in [0.4, 0.5) is 0 Å². The van der Waals surface area contributed by atoms with Crippen LogP contribution in [0.3, 0.4) is 0 Å². The summed E-state index contributed by atoms with van der Waals surface area (Å²) in [7, 11) is 0. The molecule has 8 nitrogen and oxygen atoms in total. The van der Waals surface area contributed by atoms with Gasteiger partial charge < -0.3 is 20.3 Å². The molecule has 1 aliphatic carbocycles. The number of ether oxygens (including phenoxy) is 1. The number of allylic oxidation sites excluding steroid dienone is 1. The van der Waals surface area contributed by atoms with E-state index in [4.69, 9.17) is 4.74 Å². The molecule has 0 bridgehead atoms.